The van der Waals surface area contributed by atoms with Gasteiger partial charge in [0.25, 0.3) is 0 Å². The first kappa shape index (κ1) is 19.8. The number of nitrogens with zero attached hydrogens (tertiary/aromatic N) is 4. The van der Waals surface area contributed by atoms with Crippen LogP contribution < -0.4 is 4.90 Å². The molecule has 6 heteroatoms. The molecular formula is C26H23ClN4S. The fourth-order valence-electron chi connectivity index (χ4n) is 4.79. The maximum absolute atomic E-state index is 6.18. The van der Waals surface area contributed by atoms with E-state index in [0.717, 1.165) is 42.5 Å². The van der Waals surface area contributed by atoms with Crippen molar-refractivity contribution in [1.29, 1.82) is 0 Å². The SMILES string of the molecule is Clc1ccc(C(c2ccccc2)N2CCN(c3nc4ccsc4n4cccc34)CC2)cc1. The zero-order chi connectivity index (χ0) is 21.5. The Balaban J connectivity index is 1.30. The van der Waals surface area contributed by atoms with E-state index >= 15 is 0 Å². The molecule has 0 N–H and O–H groups in total. The fraction of sp³-hybridized carbons (Fsp3) is 0.192. The second-order valence-electron chi connectivity index (χ2n) is 8.20. The highest BCUT2D eigenvalue weighted by molar-refractivity contribution is 7.16. The van der Waals surface area contributed by atoms with Crippen molar-refractivity contribution in [2.45, 2.75) is 6.04 Å². The third kappa shape index (κ3) is 3.47. The molecule has 1 aliphatic rings. The van der Waals surface area contributed by atoms with E-state index < -0.39 is 0 Å². The Hall–Kier alpha value is -2.86. The van der Waals surface area contributed by atoms with Crippen molar-refractivity contribution in [2.24, 2.45) is 0 Å². The molecule has 1 fully saturated rings. The molecule has 3 aromatic heterocycles. The van der Waals surface area contributed by atoms with Crippen LogP contribution in [0, 0.1) is 0 Å². The zero-order valence-electron chi connectivity index (χ0n) is 17.6. The molecule has 0 aliphatic carbocycles. The minimum Gasteiger partial charge on any atom is -0.352 e. The lowest BCUT2D eigenvalue weighted by Crippen LogP contribution is -2.48. The normalized spacial score (nSPS) is 16.1. The lowest BCUT2D eigenvalue weighted by Gasteiger charge is -2.40. The molecule has 160 valence electrons. The van der Waals surface area contributed by atoms with Gasteiger partial charge in [-0.15, -0.1) is 11.3 Å². The summed E-state index contributed by atoms with van der Waals surface area (Å²) in [7, 11) is 0. The molecule has 4 heterocycles. The highest BCUT2D eigenvalue weighted by atomic mass is 35.5. The number of hydrogen-bond donors (Lipinski definition) is 0. The summed E-state index contributed by atoms with van der Waals surface area (Å²) in [6.45, 7) is 3.83. The van der Waals surface area contributed by atoms with E-state index in [1.807, 2.05) is 12.1 Å². The minimum absolute atomic E-state index is 0.219. The molecule has 1 atom stereocenters. The Morgan fingerprint density at radius 3 is 2.34 bits per heavy atom. The molecular weight excluding hydrogens is 436 g/mol. The van der Waals surface area contributed by atoms with Gasteiger partial charge in [0.15, 0.2) is 5.82 Å². The second kappa shape index (κ2) is 8.24. The van der Waals surface area contributed by atoms with Crippen molar-refractivity contribution < 1.29 is 0 Å². The maximum Gasteiger partial charge on any atom is 0.153 e. The van der Waals surface area contributed by atoms with Crippen LogP contribution in [0.5, 0.6) is 0 Å². The second-order valence-corrected chi connectivity index (χ2v) is 9.53. The van der Waals surface area contributed by atoms with E-state index in [0.29, 0.717) is 0 Å². The first-order valence-electron chi connectivity index (χ1n) is 10.9. The molecule has 0 radical (unpaired) electrons. The van der Waals surface area contributed by atoms with Crippen molar-refractivity contribution >= 4 is 44.6 Å². The maximum atomic E-state index is 6.18. The van der Waals surface area contributed by atoms with Gasteiger partial charge < -0.3 is 9.30 Å². The van der Waals surface area contributed by atoms with Gasteiger partial charge in [-0.3, -0.25) is 4.90 Å². The third-order valence-corrected chi connectivity index (χ3v) is 7.48. The van der Waals surface area contributed by atoms with Crippen LogP contribution in [0.25, 0.3) is 15.9 Å². The Bertz CT molecular complexity index is 1350. The Morgan fingerprint density at radius 2 is 1.56 bits per heavy atom. The molecule has 0 bridgehead atoms. The zero-order valence-corrected chi connectivity index (χ0v) is 19.1. The van der Waals surface area contributed by atoms with Gasteiger partial charge in [0, 0.05) is 37.4 Å². The standard InChI is InChI=1S/C26H23ClN4S/c27-21-10-8-20(9-11-21)24(19-5-2-1-3-6-19)29-14-16-30(17-15-29)25-23-7-4-13-31(23)26-22(28-25)12-18-32-26/h1-13,18,24H,14-17H2. The molecule has 0 spiro atoms. The summed E-state index contributed by atoms with van der Waals surface area (Å²) in [6, 6.07) is 25.7. The number of benzene rings is 2. The molecule has 0 saturated carbocycles. The summed E-state index contributed by atoms with van der Waals surface area (Å²) in [5.41, 5.74) is 4.85. The summed E-state index contributed by atoms with van der Waals surface area (Å²) in [5.74, 6) is 1.09. The number of rotatable bonds is 4. The Kier molecular flexibility index (Phi) is 5.10. The summed E-state index contributed by atoms with van der Waals surface area (Å²) in [4.78, 5) is 11.3. The molecule has 2 aromatic carbocycles. The van der Waals surface area contributed by atoms with Gasteiger partial charge in [0.1, 0.15) is 10.3 Å². The Labute approximate surface area is 196 Å². The number of halogens is 1. The molecule has 1 unspecified atom stereocenters. The number of thiophene rings is 1. The summed E-state index contributed by atoms with van der Waals surface area (Å²) in [6.07, 6.45) is 2.14. The van der Waals surface area contributed by atoms with E-state index in [-0.39, 0.29) is 6.04 Å². The van der Waals surface area contributed by atoms with E-state index in [2.05, 4.69) is 86.4 Å². The van der Waals surface area contributed by atoms with Crippen LogP contribution in [0.15, 0.2) is 84.4 Å². The first-order valence-corrected chi connectivity index (χ1v) is 12.2. The van der Waals surface area contributed by atoms with Gasteiger partial charge in [-0.2, -0.15) is 0 Å². The van der Waals surface area contributed by atoms with Gasteiger partial charge in [-0.1, -0.05) is 54.1 Å². The molecule has 6 rings (SSSR count). The van der Waals surface area contributed by atoms with Crippen molar-refractivity contribution in [1.82, 2.24) is 14.3 Å². The van der Waals surface area contributed by atoms with Crippen LogP contribution in [-0.2, 0) is 0 Å². The largest absolute Gasteiger partial charge is 0.352 e. The van der Waals surface area contributed by atoms with Gasteiger partial charge in [0.05, 0.1) is 11.6 Å². The average molecular weight is 459 g/mol. The topological polar surface area (TPSA) is 23.8 Å². The monoisotopic (exact) mass is 458 g/mol. The van der Waals surface area contributed by atoms with Crippen LogP contribution in [0.2, 0.25) is 5.02 Å². The molecule has 5 aromatic rings. The van der Waals surface area contributed by atoms with Gasteiger partial charge in [0.2, 0.25) is 0 Å². The smallest absolute Gasteiger partial charge is 0.153 e. The van der Waals surface area contributed by atoms with Crippen molar-refractivity contribution in [3.8, 4) is 0 Å². The minimum atomic E-state index is 0.219. The number of aromatic nitrogens is 2. The van der Waals surface area contributed by atoms with Gasteiger partial charge in [-0.05, 0) is 46.8 Å². The third-order valence-electron chi connectivity index (χ3n) is 6.33. The van der Waals surface area contributed by atoms with Crippen LogP contribution in [0.3, 0.4) is 0 Å². The van der Waals surface area contributed by atoms with Crippen LogP contribution in [-0.4, -0.2) is 40.5 Å². The number of hydrogen-bond acceptors (Lipinski definition) is 4. The molecule has 1 saturated heterocycles. The van der Waals surface area contributed by atoms with E-state index in [4.69, 9.17) is 16.6 Å². The highest BCUT2D eigenvalue weighted by Crippen LogP contribution is 2.33. The molecule has 32 heavy (non-hydrogen) atoms. The average Bonchev–Trinajstić information content (AvgIpc) is 3.50. The van der Waals surface area contributed by atoms with E-state index in [9.17, 15) is 0 Å². The molecule has 0 amide bonds. The van der Waals surface area contributed by atoms with E-state index in [1.165, 1.54) is 21.5 Å². The number of piperazine rings is 1. The lowest BCUT2D eigenvalue weighted by molar-refractivity contribution is 0.212. The van der Waals surface area contributed by atoms with Crippen molar-refractivity contribution in [3.05, 3.63) is 101 Å². The van der Waals surface area contributed by atoms with Crippen LogP contribution in [0.4, 0.5) is 5.82 Å². The Morgan fingerprint density at radius 1 is 0.812 bits per heavy atom. The molecule has 1 aliphatic heterocycles. The van der Waals surface area contributed by atoms with Gasteiger partial charge >= 0.3 is 0 Å². The number of fused-ring (bicyclic) bond motifs is 3. The van der Waals surface area contributed by atoms with Gasteiger partial charge in [-0.25, -0.2) is 4.98 Å². The number of anilines is 1. The van der Waals surface area contributed by atoms with Crippen molar-refractivity contribution in [3.63, 3.8) is 0 Å². The summed E-state index contributed by atoms with van der Waals surface area (Å²) < 4.78 is 2.27. The molecule has 4 nitrogen and oxygen atoms in total. The highest BCUT2D eigenvalue weighted by Gasteiger charge is 2.28. The van der Waals surface area contributed by atoms with Crippen LogP contribution >= 0.6 is 22.9 Å². The lowest BCUT2D eigenvalue weighted by atomic mass is 9.96. The quantitative estimate of drug-likeness (QED) is 0.324. The first-order chi connectivity index (χ1) is 15.8. The summed E-state index contributed by atoms with van der Waals surface area (Å²) in [5, 5.41) is 2.89. The fourth-order valence-corrected chi connectivity index (χ4v) is 5.75. The van der Waals surface area contributed by atoms with Crippen molar-refractivity contribution in [2.75, 3.05) is 31.1 Å². The summed E-state index contributed by atoms with van der Waals surface area (Å²) >= 11 is 7.92. The predicted octanol–water partition coefficient (Wildman–Crippen LogP) is 6.11. The van der Waals surface area contributed by atoms with Crippen LogP contribution in [0.1, 0.15) is 17.2 Å². The predicted molar refractivity (Wildman–Crippen MR) is 134 cm³/mol. The van der Waals surface area contributed by atoms with E-state index in [1.54, 1.807) is 11.3 Å².